The van der Waals surface area contributed by atoms with Crippen molar-refractivity contribution in [2.24, 2.45) is 0 Å². The number of β-amino-alcohol motifs (C(OH)–C–C–N with tert-alkyl or cyclic N) is 1. The number of hydrogen-bond acceptors (Lipinski definition) is 5. The molecule has 2 N–H and O–H groups in total. The molecule has 1 aromatic carbocycles. The number of rotatable bonds is 1. The highest BCUT2D eigenvalue weighted by atomic mass is 16.6. The summed E-state index contributed by atoms with van der Waals surface area (Å²) in [5.74, 6) is 0. The molecule has 0 aliphatic carbocycles. The van der Waals surface area contributed by atoms with Crippen LogP contribution in [0.15, 0.2) is 24.3 Å². The van der Waals surface area contributed by atoms with Gasteiger partial charge in [0.05, 0.1) is 23.9 Å². The topological polar surface area (TPSA) is 73.2 Å². The Bertz CT molecular complexity index is 628. The number of nitrogens with zero attached hydrogens (tertiary/aromatic N) is 2. The number of hydrogen-bond donors (Lipinski definition) is 2. The van der Waals surface area contributed by atoms with Crippen molar-refractivity contribution in [3.05, 3.63) is 29.8 Å². The maximum atomic E-state index is 12.7. The molecule has 25 heavy (non-hydrogen) atoms. The van der Waals surface area contributed by atoms with E-state index in [-0.39, 0.29) is 12.1 Å². The van der Waals surface area contributed by atoms with E-state index in [9.17, 15) is 15.0 Å². The van der Waals surface area contributed by atoms with Gasteiger partial charge in [-0.1, -0.05) is 18.2 Å². The number of carbonyl (C=O) groups is 1. The average molecular weight is 348 g/mol. The Balaban J connectivity index is 1.90. The Morgan fingerprint density at radius 3 is 2.60 bits per heavy atom. The lowest BCUT2D eigenvalue weighted by Crippen LogP contribution is -2.56. The summed E-state index contributed by atoms with van der Waals surface area (Å²) in [6, 6.07) is 7.15. The summed E-state index contributed by atoms with van der Waals surface area (Å²) in [5.41, 5.74) is 0.835. The molecule has 3 atom stereocenters. The number of anilines is 1. The second-order valence-electron chi connectivity index (χ2n) is 7.95. The molecule has 2 heterocycles. The Hall–Kier alpha value is -1.63. The molecule has 0 unspecified atom stereocenters. The van der Waals surface area contributed by atoms with Gasteiger partial charge in [0.2, 0.25) is 0 Å². The van der Waals surface area contributed by atoms with Gasteiger partial charge in [-0.25, -0.2) is 4.79 Å². The van der Waals surface area contributed by atoms with E-state index in [0.29, 0.717) is 18.8 Å². The molecule has 2 aliphatic heterocycles. The van der Waals surface area contributed by atoms with Gasteiger partial charge in [0.15, 0.2) is 0 Å². The highest BCUT2D eigenvalue weighted by Gasteiger charge is 2.40. The molecule has 1 aromatic rings. The van der Waals surface area contributed by atoms with Crippen LogP contribution in [0.1, 0.15) is 45.3 Å². The largest absolute Gasteiger partial charge is 0.443 e. The number of benzene rings is 1. The quantitative estimate of drug-likeness (QED) is 0.815. The molecule has 0 spiro atoms. The number of para-hydroxylation sites is 1. The summed E-state index contributed by atoms with van der Waals surface area (Å²) in [4.78, 5) is 16.4. The Morgan fingerprint density at radius 1 is 1.20 bits per heavy atom. The van der Waals surface area contributed by atoms with E-state index >= 15 is 0 Å². The van der Waals surface area contributed by atoms with Gasteiger partial charge < -0.3 is 14.9 Å². The van der Waals surface area contributed by atoms with E-state index in [1.807, 2.05) is 45.0 Å². The number of ether oxygens (including phenoxy) is 1. The number of amides is 1. The molecule has 0 aromatic heterocycles. The molecule has 2 aliphatic rings. The van der Waals surface area contributed by atoms with Crippen LogP contribution in [-0.2, 0) is 4.74 Å². The fourth-order valence-corrected chi connectivity index (χ4v) is 3.67. The number of piperidine rings is 1. The van der Waals surface area contributed by atoms with Gasteiger partial charge in [0.25, 0.3) is 0 Å². The van der Waals surface area contributed by atoms with Gasteiger partial charge in [-0.15, -0.1) is 0 Å². The van der Waals surface area contributed by atoms with Crippen molar-refractivity contribution in [1.29, 1.82) is 0 Å². The van der Waals surface area contributed by atoms with E-state index in [0.717, 1.165) is 24.9 Å². The average Bonchev–Trinajstić information content (AvgIpc) is 2.53. The summed E-state index contributed by atoms with van der Waals surface area (Å²) in [5, 5.41) is 20.9. The van der Waals surface area contributed by atoms with E-state index in [2.05, 4.69) is 4.90 Å². The number of aliphatic hydroxyl groups excluding tert-OH is 2. The van der Waals surface area contributed by atoms with Crippen LogP contribution in [0.4, 0.5) is 10.5 Å². The predicted molar refractivity (Wildman–Crippen MR) is 95.6 cm³/mol. The van der Waals surface area contributed by atoms with Crippen LogP contribution in [0.5, 0.6) is 0 Å². The third-order valence-corrected chi connectivity index (χ3v) is 4.79. The fraction of sp³-hybridized carbons (Fsp3) is 0.632. The van der Waals surface area contributed by atoms with Crippen LogP contribution in [0.3, 0.4) is 0 Å². The van der Waals surface area contributed by atoms with Crippen LogP contribution >= 0.6 is 0 Å². The van der Waals surface area contributed by atoms with Crippen molar-refractivity contribution in [2.45, 2.75) is 57.5 Å². The van der Waals surface area contributed by atoms with E-state index < -0.39 is 17.8 Å². The summed E-state index contributed by atoms with van der Waals surface area (Å²) in [6.07, 6.45) is 0.187. The monoisotopic (exact) mass is 348 g/mol. The third-order valence-electron chi connectivity index (χ3n) is 4.79. The predicted octanol–water partition coefficient (Wildman–Crippen LogP) is 2.30. The van der Waals surface area contributed by atoms with Crippen LogP contribution in [0.2, 0.25) is 0 Å². The molecule has 6 nitrogen and oxygen atoms in total. The molecule has 6 heteroatoms. The second-order valence-corrected chi connectivity index (χ2v) is 7.95. The van der Waals surface area contributed by atoms with Gasteiger partial charge in [-0.3, -0.25) is 9.80 Å². The fourth-order valence-electron chi connectivity index (χ4n) is 3.67. The van der Waals surface area contributed by atoms with Crippen LogP contribution in [0.25, 0.3) is 0 Å². The van der Waals surface area contributed by atoms with Crippen molar-refractivity contribution in [3.8, 4) is 0 Å². The molecular formula is C19H28N2O4. The van der Waals surface area contributed by atoms with Crippen molar-refractivity contribution < 1.29 is 19.7 Å². The van der Waals surface area contributed by atoms with Gasteiger partial charge >= 0.3 is 6.09 Å². The Morgan fingerprint density at radius 2 is 1.92 bits per heavy atom. The zero-order valence-corrected chi connectivity index (χ0v) is 15.2. The van der Waals surface area contributed by atoms with Crippen molar-refractivity contribution in [1.82, 2.24) is 4.90 Å². The summed E-state index contributed by atoms with van der Waals surface area (Å²) in [7, 11) is 0. The SMILES string of the molecule is CC(C)(C)OC(=O)N1C[C@H](N2CCC[C@@H](O)C2)[C@@H](O)c2ccccc21. The maximum absolute atomic E-state index is 12.7. The molecule has 0 radical (unpaired) electrons. The number of likely N-dealkylation sites (tertiary alicyclic amines) is 1. The highest BCUT2D eigenvalue weighted by molar-refractivity contribution is 5.90. The zero-order chi connectivity index (χ0) is 18.2. The Labute approximate surface area is 149 Å². The van der Waals surface area contributed by atoms with Crippen LogP contribution in [0, 0.1) is 0 Å². The van der Waals surface area contributed by atoms with E-state index in [1.165, 1.54) is 0 Å². The first-order chi connectivity index (χ1) is 11.8. The van der Waals surface area contributed by atoms with Gasteiger partial charge in [0, 0.05) is 18.7 Å². The van der Waals surface area contributed by atoms with Crippen LogP contribution < -0.4 is 4.90 Å². The number of aliphatic hydroxyl groups is 2. The van der Waals surface area contributed by atoms with Crippen molar-refractivity contribution in [2.75, 3.05) is 24.5 Å². The maximum Gasteiger partial charge on any atom is 0.414 e. The number of carbonyl (C=O) groups excluding carboxylic acids is 1. The lowest BCUT2D eigenvalue weighted by molar-refractivity contribution is -0.00591. The van der Waals surface area contributed by atoms with Gasteiger partial charge in [0.1, 0.15) is 5.60 Å². The van der Waals surface area contributed by atoms with Gasteiger partial charge in [-0.05, 0) is 46.2 Å². The normalized spacial score (nSPS) is 27.7. The Kier molecular flexibility index (Phi) is 5.04. The first-order valence-electron chi connectivity index (χ1n) is 8.96. The summed E-state index contributed by atoms with van der Waals surface area (Å²) < 4.78 is 5.56. The smallest absolute Gasteiger partial charge is 0.414 e. The molecule has 0 bridgehead atoms. The zero-order valence-electron chi connectivity index (χ0n) is 15.2. The lowest BCUT2D eigenvalue weighted by atomic mass is 9.92. The third kappa shape index (κ3) is 3.97. The molecule has 1 saturated heterocycles. The van der Waals surface area contributed by atoms with Crippen molar-refractivity contribution in [3.63, 3.8) is 0 Å². The molecule has 1 amide bonds. The summed E-state index contributed by atoms with van der Waals surface area (Å²) in [6.45, 7) is 7.20. The second kappa shape index (κ2) is 6.94. The molecule has 1 fully saturated rings. The minimum absolute atomic E-state index is 0.252. The minimum Gasteiger partial charge on any atom is -0.443 e. The first kappa shape index (κ1) is 18.2. The highest BCUT2D eigenvalue weighted by Crippen LogP contribution is 2.37. The molecule has 138 valence electrons. The van der Waals surface area contributed by atoms with E-state index in [1.54, 1.807) is 4.90 Å². The standard InChI is InChI=1S/C19H28N2O4/c1-19(2,3)25-18(24)21-12-16(20-10-6-7-13(22)11-20)17(23)14-8-4-5-9-15(14)21/h4-5,8-9,13,16-17,22-23H,6-7,10-12H2,1-3H3/t13-,16+,17+/m1/s1. The lowest BCUT2D eigenvalue weighted by Gasteiger charge is -2.45. The molecular weight excluding hydrogens is 320 g/mol. The minimum atomic E-state index is -0.694. The molecule has 0 saturated carbocycles. The van der Waals surface area contributed by atoms with Crippen LogP contribution in [-0.4, -0.2) is 58.6 Å². The molecule has 3 rings (SSSR count). The van der Waals surface area contributed by atoms with Crippen molar-refractivity contribution >= 4 is 11.8 Å². The first-order valence-corrected chi connectivity index (χ1v) is 8.96. The number of fused-ring (bicyclic) bond motifs is 1. The summed E-state index contributed by atoms with van der Waals surface area (Å²) >= 11 is 0. The van der Waals surface area contributed by atoms with Gasteiger partial charge in [-0.2, -0.15) is 0 Å². The van der Waals surface area contributed by atoms with E-state index in [4.69, 9.17) is 4.74 Å².